The van der Waals surface area contributed by atoms with Gasteiger partial charge in [0.15, 0.2) is 0 Å². The number of rotatable bonds is 3. The zero-order valence-corrected chi connectivity index (χ0v) is 7.21. The fourth-order valence-electron chi connectivity index (χ4n) is 0.581. The summed E-state index contributed by atoms with van der Waals surface area (Å²) >= 11 is 1.65. The normalized spacial score (nSPS) is 12.9. The van der Waals surface area contributed by atoms with Crippen molar-refractivity contribution in [3.63, 3.8) is 0 Å². The smallest absolute Gasteiger partial charge is 0.116 e. The third-order valence-corrected chi connectivity index (χ3v) is 2.28. The lowest BCUT2D eigenvalue weighted by Crippen LogP contribution is -2.17. The minimum Gasteiger partial charge on any atom is -0.327 e. The maximum atomic E-state index is 5.58. The van der Waals surface area contributed by atoms with Gasteiger partial charge in [0.1, 0.15) is 6.33 Å². The summed E-state index contributed by atoms with van der Waals surface area (Å²) in [7, 11) is 0. The summed E-state index contributed by atoms with van der Waals surface area (Å²) in [6, 6.07) is 2.10. The summed E-state index contributed by atoms with van der Waals surface area (Å²) < 4.78 is 0. The molecule has 1 atom stereocenters. The highest BCUT2D eigenvalue weighted by molar-refractivity contribution is 7.99. The predicted octanol–water partition coefficient (Wildman–Crippen LogP) is 0.916. The van der Waals surface area contributed by atoms with Crippen molar-refractivity contribution in [1.29, 1.82) is 0 Å². The molecule has 1 aromatic heterocycles. The lowest BCUT2D eigenvalue weighted by molar-refractivity contribution is 0.845. The summed E-state index contributed by atoms with van der Waals surface area (Å²) in [5.74, 6) is 0.900. The van der Waals surface area contributed by atoms with E-state index in [1.165, 1.54) is 0 Å². The minimum atomic E-state index is 0.218. The first-order valence-electron chi connectivity index (χ1n) is 3.43. The van der Waals surface area contributed by atoms with Gasteiger partial charge in [0, 0.05) is 18.0 Å². The molecule has 0 aliphatic carbocycles. The second-order valence-corrected chi connectivity index (χ2v) is 3.38. The molecule has 0 amide bonds. The van der Waals surface area contributed by atoms with Crippen molar-refractivity contribution in [3.8, 4) is 0 Å². The van der Waals surface area contributed by atoms with Crippen molar-refractivity contribution in [2.24, 2.45) is 5.73 Å². The Hall–Kier alpha value is -0.610. The third kappa shape index (κ3) is 3.34. The third-order valence-electron chi connectivity index (χ3n) is 1.05. The molecule has 0 aliphatic heterocycles. The molecule has 1 aromatic rings. The van der Waals surface area contributed by atoms with Crippen LogP contribution >= 0.6 is 11.8 Å². The fourth-order valence-corrected chi connectivity index (χ4v) is 1.29. The van der Waals surface area contributed by atoms with E-state index in [2.05, 4.69) is 9.97 Å². The van der Waals surface area contributed by atoms with Crippen LogP contribution in [0.15, 0.2) is 23.6 Å². The van der Waals surface area contributed by atoms with Crippen molar-refractivity contribution in [1.82, 2.24) is 9.97 Å². The van der Waals surface area contributed by atoms with Gasteiger partial charge in [-0.15, -0.1) is 11.8 Å². The average Bonchev–Trinajstić information content (AvgIpc) is 2.03. The van der Waals surface area contributed by atoms with Crippen molar-refractivity contribution < 1.29 is 0 Å². The lowest BCUT2D eigenvalue weighted by atomic mass is 10.4. The summed E-state index contributed by atoms with van der Waals surface area (Å²) in [4.78, 5) is 7.86. The molecule has 1 unspecified atom stereocenters. The maximum absolute atomic E-state index is 5.58. The lowest BCUT2D eigenvalue weighted by Gasteiger charge is -2.02. The SMILES string of the molecule is CC(N)CSc1ccncn1. The molecule has 4 heteroatoms. The van der Waals surface area contributed by atoms with Gasteiger partial charge in [-0.05, 0) is 13.0 Å². The van der Waals surface area contributed by atoms with Gasteiger partial charge >= 0.3 is 0 Å². The first-order valence-corrected chi connectivity index (χ1v) is 4.42. The Morgan fingerprint density at radius 1 is 1.73 bits per heavy atom. The highest BCUT2D eigenvalue weighted by Gasteiger charge is 1.96. The summed E-state index contributed by atoms with van der Waals surface area (Å²) in [5, 5.41) is 0.984. The van der Waals surface area contributed by atoms with Crippen LogP contribution in [0.1, 0.15) is 6.92 Å². The van der Waals surface area contributed by atoms with E-state index < -0.39 is 0 Å². The van der Waals surface area contributed by atoms with E-state index in [4.69, 9.17) is 5.73 Å². The van der Waals surface area contributed by atoms with Crippen LogP contribution < -0.4 is 5.73 Å². The average molecular weight is 169 g/mol. The Kier molecular flexibility index (Phi) is 3.32. The zero-order chi connectivity index (χ0) is 8.10. The van der Waals surface area contributed by atoms with E-state index in [-0.39, 0.29) is 6.04 Å². The minimum absolute atomic E-state index is 0.218. The topological polar surface area (TPSA) is 51.8 Å². The molecular weight excluding hydrogens is 158 g/mol. The van der Waals surface area contributed by atoms with Gasteiger partial charge in [-0.3, -0.25) is 0 Å². The van der Waals surface area contributed by atoms with Crippen LogP contribution in [-0.4, -0.2) is 21.8 Å². The number of hydrogen-bond donors (Lipinski definition) is 1. The quantitative estimate of drug-likeness (QED) is 0.540. The van der Waals surface area contributed by atoms with Crippen LogP contribution in [0.3, 0.4) is 0 Å². The second-order valence-electron chi connectivity index (χ2n) is 2.34. The van der Waals surface area contributed by atoms with Crippen molar-refractivity contribution >= 4 is 11.8 Å². The Balaban J connectivity index is 2.39. The standard InChI is InChI=1S/C7H11N3S/c1-6(8)4-11-7-2-3-9-5-10-7/h2-3,5-6H,4,8H2,1H3. The highest BCUT2D eigenvalue weighted by atomic mass is 32.2. The molecule has 0 bridgehead atoms. The molecule has 0 aliphatic rings. The fraction of sp³-hybridized carbons (Fsp3) is 0.429. The number of nitrogens with two attached hydrogens (primary N) is 1. The molecule has 0 aromatic carbocycles. The van der Waals surface area contributed by atoms with Crippen molar-refractivity contribution in [2.45, 2.75) is 18.0 Å². The Morgan fingerprint density at radius 3 is 3.09 bits per heavy atom. The van der Waals surface area contributed by atoms with Gasteiger partial charge in [0.05, 0.1) is 5.03 Å². The molecule has 1 rings (SSSR count). The van der Waals surface area contributed by atoms with Crippen LogP contribution in [0, 0.1) is 0 Å². The first kappa shape index (κ1) is 8.49. The van der Waals surface area contributed by atoms with Crippen LogP contribution in [0.5, 0.6) is 0 Å². The van der Waals surface area contributed by atoms with Crippen molar-refractivity contribution in [2.75, 3.05) is 5.75 Å². The molecule has 3 nitrogen and oxygen atoms in total. The number of nitrogens with zero attached hydrogens (tertiary/aromatic N) is 2. The molecule has 0 fully saturated rings. The Morgan fingerprint density at radius 2 is 2.55 bits per heavy atom. The van der Waals surface area contributed by atoms with Crippen molar-refractivity contribution in [3.05, 3.63) is 18.6 Å². The molecule has 0 saturated carbocycles. The van der Waals surface area contributed by atoms with E-state index >= 15 is 0 Å². The van der Waals surface area contributed by atoms with Crippen LogP contribution in [0.4, 0.5) is 0 Å². The Bertz CT molecular complexity index is 200. The molecule has 0 saturated heterocycles. The first-order chi connectivity index (χ1) is 5.29. The number of thioether (sulfide) groups is 1. The maximum Gasteiger partial charge on any atom is 0.116 e. The van der Waals surface area contributed by atoms with E-state index in [0.29, 0.717) is 0 Å². The monoisotopic (exact) mass is 169 g/mol. The van der Waals surface area contributed by atoms with E-state index in [1.54, 1.807) is 24.3 Å². The summed E-state index contributed by atoms with van der Waals surface area (Å²) in [5.41, 5.74) is 5.58. The second kappa shape index (κ2) is 4.31. The molecule has 0 spiro atoms. The Labute approximate surface area is 70.4 Å². The summed E-state index contributed by atoms with van der Waals surface area (Å²) in [6.07, 6.45) is 3.28. The molecule has 2 N–H and O–H groups in total. The molecule has 11 heavy (non-hydrogen) atoms. The van der Waals surface area contributed by atoms with Gasteiger partial charge in [-0.2, -0.15) is 0 Å². The van der Waals surface area contributed by atoms with E-state index in [9.17, 15) is 0 Å². The highest BCUT2D eigenvalue weighted by Crippen LogP contribution is 2.13. The number of hydrogen-bond acceptors (Lipinski definition) is 4. The van der Waals surface area contributed by atoms with Gasteiger partial charge in [-0.1, -0.05) is 0 Å². The van der Waals surface area contributed by atoms with Gasteiger partial charge < -0.3 is 5.73 Å². The van der Waals surface area contributed by atoms with E-state index in [1.807, 2.05) is 13.0 Å². The van der Waals surface area contributed by atoms with Gasteiger partial charge in [-0.25, -0.2) is 9.97 Å². The summed E-state index contributed by atoms with van der Waals surface area (Å²) in [6.45, 7) is 1.98. The van der Waals surface area contributed by atoms with Crippen LogP contribution in [0.2, 0.25) is 0 Å². The van der Waals surface area contributed by atoms with Crippen LogP contribution in [0.25, 0.3) is 0 Å². The largest absolute Gasteiger partial charge is 0.327 e. The molecule has 1 heterocycles. The molecule has 0 radical (unpaired) electrons. The van der Waals surface area contributed by atoms with Gasteiger partial charge in [0.25, 0.3) is 0 Å². The zero-order valence-electron chi connectivity index (χ0n) is 6.40. The predicted molar refractivity (Wildman–Crippen MR) is 46.4 cm³/mol. The molecular formula is C7H11N3S. The van der Waals surface area contributed by atoms with E-state index in [0.717, 1.165) is 10.8 Å². The van der Waals surface area contributed by atoms with Crippen LogP contribution in [-0.2, 0) is 0 Å². The van der Waals surface area contributed by atoms with Gasteiger partial charge in [0.2, 0.25) is 0 Å². The molecule has 60 valence electrons. The number of aromatic nitrogens is 2.